The number of hydrogen-bond acceptors (Lipinski definition) is 3. The summed E-state index contributed by atoms with van der Waals surface area (Å²) in [7, 11) is 0. The summed E-state index contributed by atoms with van der Waals surface area (Å²) in [4.78, 5) is 0. The van der Waals surface area contributed by atoms with E-state index in [0.717, 1.165) is 28.6 Å². The molecule has 0 aromatic heterocycles. The van der Waals surface area contributed by atoms with Crippen LogP contribution in [0.2, 0.25) is 0 Å². The maximum atomic E-state index is 6.02. The number of hydrogen-bond donors (Lipinski definition) is 3. The molecule has 0 aliphatic heterocycles. The van der Waals surface area contributed by atoms with Gasteiger partial charge in [0.05, 0.1) is 0 Å². The van der Waals surface area contributed by atoms with Gasteiger partial charge < -0.3 is 5.73 Å². The van der Waals surface area contributed by atoms with E-state index < -0.39 is 0 Å². The van der Waals surface area contributed by atoms with Crippen LogP contribution in [0.3, 0.4) is 0 Å². The molecule has 1 atom stereocenters. The summed E-state index contributed by atoms with van der Waals surface area (Å²) in [6.45, 7) is 0. The minimum atomic E-state index is 0.0534. The SMILES string of the molecule is NNC(CCc1ccccc1)c1cc(Br)ccc1N. The second-order valence-corrected chi connectivity index (χ2v) is 5.43. The van der Waals surface area contributed by atoms with Gasteiger partial charge in [0.2, 0.25) is 0 Å². The molecule has 0 bridgehead atoms. The molecule has 4 heteroatoms. The summed E-state index contributed by atoms with van der Waals surface area (Å²) in [6.07, 6.45) is 1.86. The van der Waals surface area contributed by atoms with Gasteiger partial charge >= 0.3 is 0 Å². The summed E-state index contributed by atoms with van der Waals surface area (Å²) in [5.74, 6) is 5.67. The van der Waals surface area contributed by atoms with Gasteiger partial charge in [-0.3, -0.25) is 11.3 Å². The second-order valence-electron chi connectivity index (χ2n) is 4.52. The molecular formula is C15H18BrN3. The quantitative estimate of drug-likeness (QED) is 0.450. The van der Waals surface area contributed by atoms with Gasteiger partial charge in [-0.1, -0.05) is 46.3 Å². The van der Waals surface area contributed by atoms with E-state index in [4.69, 9.17) is 11.6 Å². The van der Waals surface area contributed by atoms with Gasteiger partial charge in [-0.05, 0) is 42.2 Å². The fraction of sp³-hybridized carbons (Fsp3) is 0.200. The van der Waals surface area contributed by atoms with Gasteiger partial charge in [0, 0.05) is 16.2 Å². The smallest absolute Gasteiger partial charge is 0.0483 e. The van der Waals surface area contributed by atoms with Crippen LogP contribution in [0, 0.1) is 0 Å². The van der Waals surface area contributed by atoms with E-state index in [2.05, 4.69) is 33.5 Å². The minimum Gasteiger partial charge on any atom is -0.398 e. The third kappa shape index (κ3) is 3.80. The first-order valence-electron chi connectivity index (χ1n) is 6.25. The van der Waals surface area contributed by atoms with Crippen molar-refractivity contribution >= 4 is 21.6 Å². The Morgan fingerprint density at radius 3 is 2.53 bits per heavy atom. The molecule has 0 saturated carbocycles. The molecule has 19 heavy (non-hydrogen) atoms. The zero-order valence-corrected chi connectivity index (χ0v) is 12.2. The number of aryl methyl sites for hydroxylation is 1. The van der Waals surface area contributed by atoms with Crippen LogP contribution in [0.15, 0.2) is 53.0 Å². The van der Waals surface area contributed by atoms with Crippen molar-refractivity contribution in [3.8, 4) is 0 Å². The molecule has 100 valence electrons. The van der Waals surface area contributed by atoms with Gasteiger partial charge in [0.25, 0.3) is 0 Å². The van der Waals surface area contributed by atoms with Crippen LogP contribution in [0.4, 0.5) is 5.69 Å². The Kier molecular flexibility index (Phi) is 4.96. The van der Waals surface area contributed by atoms with Crippen molar-refractivity contribution in [2.75, 3.05) is 5.73 Å². The van der Waals surface area contributed by atoms with E-state index >= 15 is 0 Å². The van der Waals surface area contributed by atoms with Crippen molar-refractivity contribution in [1.82, 2.24) is 5.43 Å². The first-order chi connectivity index (χ1) is 9.20. The highest BCUT2D eigenvalue weighted by Gasteiger charge is 2.13. The highest BCUT2D eigenvalue weighted by atomic mass is 79.9. The molecule has 0 fully saturated rings. The highest BCUT2D eigenvalue weighted by Crippen LogP contribution is 2.27. The number of nitrogens with one attached hydrogen (secondary N) is 1. The Morgan fingerprint density at radius 2 is 1.84 bits per heavy atom. The molecule has 0 amide bonds. The van der Waals surface area contributed by atoms with Gasteiger partial charge in [0.1, 0.15) is 0 Å². The van der Waals surface area contributed by atoms with Crippen LogP contribution in [0.1, 0.15) is 23.6 Å². The number of nitrogens with two attached hydrogens (primary N) is 2. The van der Waals surface area contributed by atoms with Crippen LogP contribution in [0.25, 0.3) is 0 Å². The Hall–Kier alpha value is -1.36. The standard InChI is InChI=1S/C15H18BrN3/c16-12-7-8-14(17)13(10-12)15(19-18)9-6-11-4-2-1-3-5-11/h1-5,7-8,10,15,19H,6,9,17-18H2. The van der Waals surface area contributed by atoms with Crippen molar-refractivity contribution in [3.05, 3.63) is 64.1 Å². The lowest BCUT2D eigenvalue weighted by molar-refractivity contribution is 0.517. The molecule has 3 nitrogen and oxygen atoms in total. The predicted molar refractivity (Wildman–Crippen MR) is 83.4 cm³/mol. The van der Waals surface area contributed by atoms with Crippen LogP contribution in [-0.4, -0.2) is 0 Å². The third-order valence-electron chi connectivity index (χ3n) is 3.19. The molecular weight excluding hydrogens is 302 g/mol. The van der Waals surface area contributed by atoms with Crippen LogP contribution < -0.4 is 17.0 Å². The molecule has 2 rings (SSSR count). The summed E-state index contributed by atoms with van der Waals surface area (Å²) >= 11 is 3.47. The van der Waals surface area contributed by atoms with E-state index in [1.165, 1.54) is 5.56 Å². The van der Waals surface area contributed by atoms with Gasteiger partial charge in [-0.25, -0.2) is 0 Å². The van der Waals surface area contributed by atoms with Crippen molar-refractivity contribution in [1.29, 1.82) is 0 Å². The topological polar surface area (TPSA) is 64.1 Å². The summed E-state index contributed by atoms with van der Waals surface area (Å²) in [5, 5.41) is 0. The Morgan fingerprint density at radius 1 is 1.11 bits per heavy atom. The Balaban J connectivity index is 2.10. The second kappa shape index (κ2) is 6.70. The van der Waals surface area contributed by atoms with Crippen molar-refractivity contribution in [2.24, 2.45) is 5.84 Å². The number of anilines is 1. The Bertz CT molecular complexity index is 528. The first kappa shape index (κ1) is 14.1. The molecule has 0 radical (unpaired) electrons. The lowest BCUT2D eigenvalue weighted by Gasteiger charge is -2.18. The lowest BCUT2D eigenvalue weighted by Crippen LogP contribution is -2.29. The van der Waals surface area contributed by atoms with E-state index in [1.807, 2.05) is 36.4 Å². The molecule has 1 unspecified atom stereocenters. The number of benzene rings is 2. The van der Waals surface area contributed by atoms with Crippen LogP contribution in [-0.2, 0) is 6.42 Å². The minimum absolute atomic E-state index is 0.0534. The van der Waals surface area contributed by atoms with Crippen molar-refractivity contribution < 1.29 is 0 Å². The van der Waals surface area contributed by atoms with Crippen molar-refractivity contribution in [3.63, 3.8) is 0 Å². The summed E-state index contributed by atoms with van der Waals surface area (Å²) in [5.41, 5.74) is 12.0. The zero-order chi connectivity index (χ0) is 13.7. The van der Waals surface area contributed by atoms with E-state index in [1.54, 1.807) is 0 Å². The number of rotatable bonds is 5. The zero-order valence-electron chi connectivity index (χ0n) is 10.6. The Labute approximate surface area is 122 Å². The summed E-state index contributed by atoms with van der Waals surface area (Å²) in [6, 6.07) is 16.3. The molecule has 0 aliphatic carbocycles. The normalized spacial score (nSPS) is 12.3. The van der Waals surface area contributed by atoms with Crippen molar-refractivity contribution in [2.45, 2.75) is 18.9 Å². The highest BCUT2D eigenvalue weighted by molar-refractivity contribution is 9.10. The van der Waals surface area contributed by atoms with Gasteiger partial charge in [-0.15, -0.1) is 0 Å². The third-order valence-corrected chi connectivity index (χ3v) is 3.68. The maximum absolute atomic E-state index is 6.02. The monoisotopic (exact) mass is 319 g/mol. The molecule has 2 aromatic rings. The van der Waals surface area contributed by atoms with Gasteiger partial charge in [0.15, 0.2) is 0 Å². The number of halogens is 1. The fourth-order valence-corrected chi connectivity index (χ4v) is 2.51. The van der Waals surface area contributed by atoms with Gasteiger partial charge in [-0.2, -0.15) is 0 Å². The fourth-order valence-electron chi connectivity index (χ4n) is 2.13. The number of hydrazine groups is 1. The summed E-state index contributed by atoms with van der Waals surface area (Å²) < 4.78 is 1.01. The van der Waals surface area contributed by atoms with E-state index in [0.29, 0.717) is 0 Å². The van der Waals surface area contributed by atoms with Crippen LogP contribution >= 0.6 is 15.9 Å². The van der Waals surface area contributed by atoms with Crippen LogP contribution in [0.5, 0.6) is 0 Å². The molecule has 5 N–H and O–H groups in total. The molecule has 2 aromatic carbocycles. The average molecular weight is 320 g/mol. The average Bonchev–Trinajstić information content (AvgIpc) is 2.44. The molecule has 0 aliphatic rings. The van der Waals surface area contributed by atoms with E-state index in [-0.39, 0.29) is 6.04 Å². The van der Waals surface area contributed by atoms with E-state index in [9.17, 15) is 0 Å². The first-order valence-corrected chi connectivity index (χ1v) is 7.05. The lowest BCUT2D eigenvalue weighted by atomic mass is 9.98. The molecule has 0 saturated heterocycles. The molecule has 0 spiro atoms. The maximum Gasteiger partial charge on any atom is 0.0483 e. The predicted octanol–water partition coefficient (Wildman–Crippen LogP) is 3.17. The molecule has 0 heterocycles. The largest absolute Gasteiger partial charge is 0.398 e. The number of nitrogen functional groups attached to an aromatic ring is 1.